The van der Waals surface area contributed by atoms with E-state index < -0.39 is 0 Å². The molecule has 0 amide bonds. The van der Waals surface area contributed by atoms with E-state index in [2.05, 4.69) is 16.7 Å². The lowest BCUT2D eigenvalue weighted by Gasteiger charge is -2.29. The van der Waals surface area contributed by atoms with Crippen molar-refractivity contribution >= 4 is 0 Å². The highest BCUT2D eigenvalue weighted by Gasteiger charge is 2.16. The van der Waals surface area contributed by atoms with Crippen LogP contribution in [-0.2, 0) is 0 Å². The molecule has 1 saturated heterocycles. The van der Waals surface area contributed by atoms with Gasteiger partial charge in [0.15, 0.2) is 0 Å². The molecule has 12 heavy (non-hydrogen) atoms. The Balaban J connectivity index is 2.17. The molecule has 1 atom stereocenters. The smallest absolute Gasteiger partial charge is 0.0667 e. The van der Waals surface area contributed by atoms with E-state index in [9.17, 15) is 5.11 Å². The molecule has 0 spiro atoms. The Morgan fingerprint density at radius 1 is 1.58 bits per heavy atom. The van der Waals surface area contributed by atoms with Gasteiger partial charge < -0.3 is 5.11 Å². The molecule has 1 unspecified atom stereocenters. The summed E-state index contributed by atoms with van der Waals surface area (Å²) in [4.78, 5) is 2.29. The van der Waals surface area contributed by atoms with Gasteiger partial charge >= 0.3 is 0 Å². The molecule has 1 aliphatic heterocycles. The second-order valence-electron chi connectivity index (χ2n) is 3.27. The van der Waals surface area contributed by atoms with Crippen LogP contribution in [0, 0.1) is 11.8 Å². The van der Waals surface area contributed by atoms with E-state index >= 15 is 0 Å². The van der Waals surface area contributed by atoms with Gasteiger partial charge in [0.05, 0.1) is 6.10 Å². The molecular formula is C10H17NO. The second kappa shape index (κ2) is 5.18. The molecule has 0 aromatic heterocycles. The first-order chi connectivity index (χ1) is 5.83. The van der Waals surface area contributed by atoms with Crippen molar-refractivity contribution in [2.45, 2.75) is 32.3 Å². The zero-order valence-corrected chi connectivity index (χ0v) is 7.71. The van der Waals surface area contributed by atoms with Crippen LogP contribution in [0.2, 0.25) is 0 Å². The summed E-state index contributed by atoms with van der Waals surface area (Å²) in [6, 6.07) is 0. The van der Waals surface area contributed by atoms with Gasteiger partial charge in [0.1, 0.15) is 0 Å². The Bertz CT molecular complexity index is 180. The van der Waals surface area contributed by atoms with Gasteiger partial charge in [-0.2, -0.15) is 0 Å². The predicted octanol–water partition coefficient (Wildman–Crippen LogP) is 0.857. The van der Waals surface area contributed by atoms with Crippen molar-refractivity contribution in [1.29, 1.82) is 0 Å². The van der Waals surface area contributed by atoms with Crippen LogP contribution in [0.1, 0.15) is 26.2 Å². The van der Waals surface area contributed by atoms with Gasteiger partial charge in [-0.1, -0.05) is 0 Å². The Hall–Kier alpha value is -0.520. The number of hydrogen-bond donors (Lipinski definition) is 1. The molecule has 1 aliphatic rings. The quantitative estimate of drug-likeness (QED) is 0.616. The van der Waals surface area contributed by atoms with E-state index in [4.69, 9.17) is 0 Å². The third kappa shape index (κ3) is 3.25. The summed E-state index contributed by atoms with van der Waals surface area (Å²) in [5.74, 6) is 5.92. The average Bonchev–Trinajstić information content (AvgIpc) is 2.05. The Morgan fingerprint density at radius 3 is 3.08 bits per heavy atom. The summed E-state index contributed by atoms with van der Waals surface area (Å²) in [5.41, 5.74) is 0. The first-order valence-corrected chi connectivity index (χ1v) is 4.63. The first-order valence-electron chi connectivity index (χ1n) is 4.63. The molecule has 1 rings (SSSR count). The highest BCUT2D eigenvalue weighted by atomic mass is 16.3. The van der Waals surface area contributed by atoms with Crippen LogP contribution >= 0.6 is 0 Å². The second-order valence-corrected chi connectivity index (χ2v) is 3.27. The number of piperidine rings is 1. The highest BCUT2D eigenvalue weighted by molar-refractivity contribution is 4.95. The van der Waals surface area contributed by atoms with Crippen LogP contribution in [0.25, 0.3) is 0 Å². The summed E-state index contributed by atoms with van der Waals surface area (Å²) in [6.45, 7) is 4.84. The van der Waals surface area contributed by atoms with Crippen molar-refractivity contribution in [2.75, 3.05) is 19.6 Å². The summed E-state index contributed by atoms with van der Waals surface area (Å²) < 4.78 is 0. The molecule has 1 heterocycles. The molecule has 1 N–H and O–H groups in total. The van der Waals surface area contributed by atoms with Gasteiger partial charge in [-0.05, 0) is 26.3 Å². The molecule has 0 bridgehead atoms. The Morgan fingerprint density at radius 2 is 2.42 bits per heavy atom. The van der Waals surface area contributed by atoms with Crippen molar-refractivity contribution in [1.82, 2.24) is 4.90 Å². The fourth-order valence-corrected chi connectivity index (χ4v) is 1.57. The Kier molecular flexibility index (Phi) is 4.13. The van der Waals surface area contributed by atoms with Crippen LogP contribution in [0.4, 0.5) is 0 Å². The first kappa shape index (κ1) is 9.57. The van der Waals surface area contributed by atoms with E-state index in [0.29, 0.717) is 0 Å². The van der Waals surface area contributed by atoms with Crippen molar-refractivity contribution in [3.63, 3.8) is 0 Å². The molecule has 2 heteroatoms. The van der Waals surface area contributed by atoms with Crippen molar-refractivity contribution in [2.24, 2.45) is 0 Å². The number of hydrogen-bond acceptors (Lipinski definition) is 2. The van der Waals surface area contributed by atoms with E-state index in [1.165, 1.54) is 0 Å². The van der Waals surface area contributed by atoms with Crippen molar-refractivity contribution < 1.29 is 5.11 Å². The van der Waals surface area contributed by atoms with Gasteiger partial charge in [0.25, 0.3) is 0 Å². The molecule has 0 aromatic carbocycles. The van der Waals surface area contributed by atoms with E-state index in [0.717, 1.165) is 38.9 Å². The number of likely N-dealkylation sites (tertiary alicyclic amines) is 1. The molecular weight excluding hydrogens is 150 g/mol. The lowest BCUT2D eigenvalue weighted by molar-refractivity contribution is 0.0720. The maximum absolute atomic E-state index is 9.36. The summed E-state index contributed by atoms with van der Waals surface area (Å²) in [6.07, 6.45) is 2.92. The molecule has 2 nitrogen and oxygen atoms in total. The molecule has 1 fully saturated rings. The van der Waals surface area contributed by atoms with Gasteiger partial charge in [0, 0.05) is 19.5 Å². The normalized spacial score (nSPS) is 24.7. The van der Waals surface area contributed by atoms with Crippen LogP contribution in [0.15, 0.2) is 0 Å². The summed E-state index contributed by atoms with van der Waals surface area (Å²) >= 11 is 0. The average molecular weight is 167 g/mol. The predicted molar refractivity (Wildman–Crippen MR) is 49.7 cm³/mol. The van der Waals surface area contributed by atoms with Crippen LogP contribution in [0.3, 0.4) is 0 Å². The van der Waals surface area contributed by atoms with Crippen LogP contribution < -0.4 is 0 Å². The summed E-state index contributed by atoms with van der Waals surface area (Å²) in [5, 5.41) is 9.36. The molecule has 0 aliphatic carbocycles. The van der Waals surface area contributed by atoms with Crippen LogP contribution in [-0.4, -0.2) is 35.7 Å². The molecule has 68 valence electrons. The fourth-order valence-electron chi connectivity index (χ4n) is 1.57. The third-order valence-electron chi connectivity index (χ3n) is 2.21. The number of β-amino-alcohol motifs (C(OH)–C–C–N with tert-alkyl or cyclic N) is 1. The van der Waals surface area contributed by atoms with E-state index in [-0.39, 0.29) is 6.10 Å². The number of nitrogens with zero attached hydrogens (tertiary/aromatic N) is 1. The number of rotatable bonds is 2. The third-order valence-corrected chi connectivity index (χ3v) is 2.21. The zero-order valence-electron chi connectivity index (χ0n) is 7.71. The minimum absolute atomic E-state index is 0.103. The maximum Gasteiger partial charge on any atom is 0.0667 e. The summed E-state index contributed by atoms with van der Waals surface area (Å²) in [7, 11) is 0. The molecule has 0 aromatic rings. The molecule has 0 radical (unpaired) electrons. The number of aliphatic hydroxyl groups is 1. The Labute approximate surface area is 74.6 Å². The SMILES string of the molecule is CC#CCCN1CCCC(O)C1. The van der Waals surface area contributed by atoms with Crippen molar-refractivity contribution in [3.05, 3.63) is 0 Å². The minimum Gasteiger partial charge on any atom is -0.392 e. The topological polar surface area (TPSA) is 23.5 Å². The lowest BCUT2D eigenvalue weighted by atomic mass is 10.1. The van der Waals surface area contributed by atoms with Gasteiger partial charge in [-0.25, -0.2) is 0 Å². The largest absolute Gasteiger partial charge is 0.392 e. The standard InChI is InChI=1S/C10H17NO/c1-2-3-4-7-11-8-5-6-10(12)9-11/h10,12H,4-9H2,1H3. The highest BCUT2D eigenvalue weighted by Crippen LogP contribution is 2.09. The lowest BCUT2D eigenvalue weighted by Crippen LogP contribution is -2.38. The van der Waals surface area contributed by atoms with E-state index in [1.54, 1.807) is 0 Å². The minimum atomic E-state index is -0.103. The molecule has 0 saturated carbocycles. The number of aliphatic hydroxyl groups excluding tert-OH is 1. The van der Waals surface area contributed by atoms with Crippen molar-refractivity contribution in [3.8, 4) is 11.8 Å². The van der Waals surface area contributed by atoms with E-state index in [1.807, 2.05) is 6.92 Å². The maximum atomic E-state index is 9.36. The van der Waals surface area contributed by atoms with Gasteiger partial charge in [-0.3, -0.25) is 4.90 Å². The monoisotopic (exact) mass is 167 g/mol. The van der Waals surface area contributed by atoms with Gasteiger partial charge in [-0.15, -0.1) is 11.8 Å². The zero-order chi connectivity index (χ0) is 8.81. The van der Waals surface area contributed by atoms with Gasteiger partial charge in [0.2, 0.25) is 0 Å². The fraction of sp³-hybridized carbons (Fsp3) is 0.800. The van der Waals surface area contributed by atoms with Crippen LogP contribution in [0.5, 0.6) is 0 Å².